The molecule has 0 saturated heterocycles. The van der Waals surface area contributed by atoms with Crippen molar-refractivity contribution < 1.29 is 4.79 Å². The molecule has 2 aromatic carbocycles. The van der Waals surface area contributed by atoms with E-state index in [1.807, 2.05) is 67.9 Å². The smallest absolute Gasteiger partial charge is 0.267 e. The van der Waals surface area contributed by atoms with E-state index in [0.29, 0.717) is 5.56 Å². The molecule has 1 N–H and O–H groups in total. The highest BCUT2D eigenvalue weighted by molar-refractivity contribution is 5.95. The van der Waals surface area contributed by atoms with Crippen molar-refractivity contribution in [1.29, 1.82) is 0 Å². The van der Waals surface area contributed by atoms with Crippen molar-refractivity contribution in [3.63, 3.8) is 0 Å². The minimum Gasteiger partial charge on any atom is -0.267 e. The predicted octanol–water partition coefficient (Wildman–Crippen LogP) is 3.56. The third kappa shape index (κ3) is 3.66. The molecule has 0 aliphatic rings. The van der Waals surface area contributed by atoms with Crippen LogP contribution in [-0.4, -0.2) is 21.9 Å². The summed E-state index contributed by atoms with van der Waals surface area (Å²) in [5.74, 6) is -0.234. The molecule has 0 fully saturated rings. The van der Waals surface area contributed by atoms with Gasteiger partial charge in [-0.15, -0.1) is 0 Å². The van der Waals surface area contributed by atoms with Gasteiger partial charge >= 0.3 is 0 Å². The highest BCUT2D eigenvalue weighted by Crippen LogP contribution is 2.16. The monoisotopic (exact) mass is 332 g/mol. The molecule has 3 rings (SSSR count). The Kier molecular flexibility index (Phi) is 4.75. The van der Waals surface area contributed by atoms with Gasteiger partial charge in [0.15, 0.2) is 0 Å². The fourth-order valence-corrected chi connectivity index (χ4v) is 2.59. The highest BCUT2D eigenvalue weighted by atomic mass is 16.2. The lowest BCUT2D eigenvalue weighted by Gasteiger charge is -2.03. The van der Waals surface area contributed by atoms with E-state index >= 15 is 0 Å². The Bertz CT molecular complexity index is 909. The molecular formula is C20H20N4O. The number of para-hydroxylation sites is 1. The molecule has 0 spiro atoms. The molecule has 5 heteroatoms. The van der Waals surface area contributed by atoms with Crippen molar-refractivity contribution in [1.82, 2.24) is 15.2 Å². The zero-order valence-corrected chi connectivity index (χ0v) is 14.5. The number of carbonyl (C=O) groups excluding carboxylic acids is 1. The van der Waals surface area contributed by atoms with Crippen molar-refractivity contribution in [2.75, 3.05) is 0 Å². The molecule has 0 aliphatic heterocycles. The first-order valence-corrected chi connectivity index (χ1v) is 8.08. The first-order valence-electron chi connectivity index (χ1n) is 8.08. The van der Waals surface area contributed by atoms with Gasteiger partial charge in [0.1, 0.15) is 0 Å². The van der Waals surface area contributed by atoms with Gasteiger partial charge in [-0.1, -0.05) is 35.9 Å². The predicted molar refractivity (Wildman–Crippen MR) is 99.3 cm³/mol. The summed E-state index contributed by atoms with van der Waals surface area (Å²) in [6.45, 7) is 5.89. The number of hydrazone groups is 1. The third-order valence-electron chi connectivity index (χ3n) is 4.02. The molecule has 25 heavy (non-hydrogen) atoms. The molecule has 1 amide bonds. The molecule has 0 saturated carbocycles. The largest absolute Gasteiger partial charge is 0.271 e. The first kappa shape index (κ1) is 16.6. The van der Waals surface area contributed by atoms with Crippen molar-refractivity contribution >= 4 is 12.1 Å². The fourth-order valence-electron chi connectivity index (χ4n) is 2.59. The highest BCUT2D eigenvalue weighted by Gasteiger charge is 2.11. The molecule has 5 nitrogen and oxygen atoms in total. The Balaban J connectivity index is 1.77. The molecule has 0 radical (unpaired) electrons. The molecule has 0 bridgehead atoms. The van der Waals surface area contributed by atoms with Crippen LogP contribution < -0.4 is 5.43 Å². The second kappa shape index (κ2) is 7.13. The van der Waals surface area contributed by atoms with Crippen molar-refractivity contribution in [3.05, 3.63) is 82.7 Å². The molecule has 1 aromatic heterocycles. The molecule has 0 unspecified atom stereocenters. The van der Waals surface area contributed by atoms with E-state index in [9.17, 15) is 4.79 Å². The van der Waals surface area contributed by atoms with Gasteiger partial charge in [0.2, 0.25) is 0 Å². The molecule has 126 valence electrons. The topological polar surface area (TPSA) is 59.3 Å². The van der Waals surface area contributed by atoms with Gasteiger partial charge in [0, 0.05) is 11.1 Å². The lowest BCUT2D eigenvalue weighted by molar-refractivity contribution is 0.0955. The maximum absolute atomic E-state index is 12.1. The first-order chi connectivity index (χ1) is 12.1. The van der Waals surface area contributed by atoms with E-state index in [2.05, 4.69) is 15.6 Å². The standard InChI is InChI=1S/C20H20N4O/c1-14-9-11-17(12-10-14)20(25)22-21-13-19-15(2)23-24(16(19)3)18-7-5-4-6-8-18/h4-13H,1-3H3,(H,22,25)/b21-13-. The van der Waals surface area contributed by atoms with E-state index in [1.54, 1.807) is 18.3 Å². The Morgan fingerprint density at radius 3 is 2.40 bits per heavy atom. The number of aromatic nitrogens is 2. The fraction of sp³-hybridized carbons (Fsp3) is 0.150. The number of hydrogen-bond donors (Lipinski definition) is 1. The number of aryl methyl sites for hydroxylation is 2. The second-order valence-corrected chi connectivity index (χ2v) is 5.90. The van der Waals surface area contributed by atoms with Gasteiger partial charge in [-0.25, -0.2) is 10.1 Å². The van der Waals surface area contributed by atoms with Crippen molar-refractivity contribution in [3.8, 4) is 5.69 Å². The summed E-state index contributed by atoms with van der Waals surface area (Å²) < 4.78 is 1.87. The lowest BCUT2D eigenvalue weighted by Crippen LogP contribution is -2.17. The van der Waals surface area contributed by atoms with Crippen LogP contribution in [0.15, 0.2) is 59.7 Å². The maximum Gasteiger partial charge on any atom is 0.271 e. The Morgan fingerprint density at radius 2 is 1.72 bits per heavy atom. The minimum atomic E-state index is -0.234. The molecule has 3 aromatic rings. The summed E-state index contributed by atoms with van der Waals surface area (Å²) in [5, 5.41) is 8.65. The normalized spacial score (nSPS) is 11.0. The Morgan fingerprint density at radius 1 is 1.04 bits per heavy atom. The molecule has 1 heterocycles. The van der Waals surface area contributed by atoms with Gasteiger partial charge < -0.3 is 0 Å². The third-order valence-corrected chi connectivity index (χ3v) is 4.02. The molecular weight excluding hydrogens is 312 g/mol. The van der Waals surface area contributed by atoms with E-state index < -0.39 is 0 Å². The number of carbonyl (C=O) groups is 1. The maximum atomic E-state index is 12.1. The zero-order chi connectivity index (χ0) is 17.8. The van der Waals surface area contributed by atoms with Crippen LogP contribution in [0.25, 0.3) is 5.69 Å². The van der Waals surface area contributed by atoms with Crippen LogP contribution in [-0.2, 0) is 0 Å². The molecule has 0 atom stereocenters. The van der Waals surface area contributed by atoms with E-state index in [4.69, 9.17) is 0 Å². The van der Waals surface area contributed by atoms with Crippen LogP contribution in [0.2, 0.25) is 0 Å². The minimum absolute atomic E-state index is 0.234. The molecule has 0 aliphatic carbocycles. The van der Waals surface area contributed by atoms with Gasteiger partial charge in [-0.2, -0.15) is 10.2 Å². The number of benzene rings is 2. The van der Waals surface area contributed by atoms with Crippen LogP contribution in [0.3, 0.4) is 0 Å². The summed E-state index contributed by atoms with van der Waals surface area (Å²) in [4.78, 5) is 12.1. The number of hydrogen-bond acceptors (Lipinski definition) is 3. The summed E-state index contributed by atoms with van der Waals surface area (Å²) in [7, 11) is 0. The van der Waals surface area contributed by atoms with Crippen LogP contribution in [0, 0.1) is 20.8 Å². The van der Waals surface area contributed by atoms with Crippen molar-refractivity contribution in [2.24, 2.45) is 5.10 Å². The van der Waals surface area contributed by atoms with Gasteiger partial charge in [0.25, 0.3) is 5.91 Å². The second-order valence-electron chi connectivity index (χ2n) is 5.90. The average Bonchev–Trinajstić information content (AvgIpc) is 2.91. The van der Waals surface area contributed by atoms with Gasteiger partial charge in [0.05, 0.1) is 23.3 Å². The van der Waals surface area contributed by atoms with E-state index in [1.165, 1.54) is 0 Å². The Labute approximate surface area is 147 Å². The zero-order valence-electron chi connectivity index (χ0n) is 14.5. The SMILES string of the molecule is Cc1ccc(C(=O)N/N=C\c2c(C)nn(-c3ccccc3)c2C)cc1. The van der Waals surface area contributed by atoms with Gasteiger partial charge in [-0.05, 0) is 45.0 Å². The van der Waals surface area contributed by atoms with Crippen LogP contribution in [0.4, 0.5) is 0 Å². The summed E-state index contributed by atoms with van der Waals surface area (Å²) in [6.07, 6.45) is 1.64. The summed E-state index contributed by atoms with van der Waals surface area (Å²) in [6, 6.07) is 17.3. The number of nitrogens with one attached hydrogen (secondary N) is 1. The van der Waals surface area contributed by atoms with Crippen LogP contribution in [0.5, 0.6) is 0 Å². The van der Waals surface area contributed by atoms with Crippen molar-refractivity contribution in [2.45, 2.75) is 20.8 Å². The quantitative estimate of drug-likeness (QED) is 0.586. The number of nitrogens with zero attached hydrogens (tertiary/aromatic N) is 3. The summed E-state index contributed by atoms with van der Waals surface area (Å²) in [5.41, 5.74) is 7.97. The number of amides is 1. The van der Waals surface area contributed by atoms with Crippen LogP contribution >= 0.6 is 0 Å². The summed E-state index contributed by atoms with van der Waals surface area (Å²) >= 11 is 0. The van der Waals surface area contributed by atoms with E-state index in [0.717, 1.165) is 28.2 Å². The average molecular weight is 332 g/mol. The Hall–Kier alpha value is -3.21. The van der Waals surface area contributed by atoms with E-state index in [-0.39, 0.29) is 5.91 Å². The van der Waals surface area contributed by atoms with Gasteiger partial charge in [-0.3, -0.25) is 4.79 Å². The van der Waals surface area contributed by atoms with Crippen LogP contribution in [0.1, 0.15) is 32.9 Å². The number of rotatable bonds is 4. The lowest BCUT2D eigenvalue weighted by atomic mass is 10.1.